The molecule has 0 saturated heterocycles. The van der Waals surface area contributed by atoms with Gasteiger partial charge in [-0.05, 0) is 36.1 Å². The fraction of sp³-hybridized carbons (Fsp3) is 0.135. The molecule has 0 bridgehead atoms. The van der Waals surface area contributed by atoms with E-state index in [0.29, 0.717) is 17.5 Å². The molecule has 0 fully saturated rings. The zero-order chi connectivity index (χ0) is 28.1. The van der Waals surface area contributed by atoms with Gasteiger partial charge in [-0.15, -0.1) is 0 Å². The number of pyridine rings is 1. The molecule has 6 aromatic rings. The molecule has 0 aliphatic carbocycles. The summed E-state index contributed by atoms with van der Waals surface area (Å²) < 4.78 is 0. The molecule has 0 spiro atoms. The molecule has 2 aromatic heterocycles. The van der Waals surface area contributed by atoms with E-state index >= 15 is 0 Å². The van der Waals surface area contributed by atoms with Crippen molar-refractivity contribution in [2.24, 2.45) is 0 Å². The number of hydrogen-bond donors (Lipinski definition) is 0. The quantitative estimate of drug-likeness (QED) is 0.196. The monoisotopic (exact) mass is 532 g/mol. The summed E-state index contributed by atoms with van der Waals surface area (Å²) in [5.41, 5.74) is 7.53. The van der Waals surface area contributed by atoms with Crippen molar-refractivity contribution in [3.05, 3.63) is 145 Å². The van der Waals surface area contributed by atoms with Crippen LogP contribution in [-0.4, -0.2) is 19.9 Å². The van der Waals surface area contributed by atoms with Crippen molar-refractivity contribution in [2.45, 2.75) is 32.1 Å². The minimum Gasteiger partial charge on any atom is -0.256 e. The van der Waals surface area contributed by atoms with Gasteiger partial charge in [-0.3, -0.25) is 4.98 Å². The third-order valence-electron chi connectivity index (χ3n) is 8.00. The lowest BCUT2D eigenvalue weighted by Gasteiger charge is -2.33. The second-order valence-electron chi connectivity index (χ2n) is 10.2. The summed E-state index contributed by atoms with van der Waals surface area (Å²) in [6, 6.07) is 43.9. The molecule has 2 heterocycles. The molecule has 0 atom stereocenters. The zero-order valence-electron chi connectivity index (χ0n) is 23.4. The predicted octanol–water partition coefficient (Wildman–Crippen LogP) is 9.04. The number of benzene rings is 4. The first-order valence-electron chi connectivity index (χ1n) is 14.2. The minimum absolute atomic E-state index is 0.0926. The van der Waals surface area contributed by atoms with E-state index in [1.54, 1.807) is 0 Å². The molecule has 0 amide bonds. The van der Waals surface area contributed by atoms with Gasteiger partial charge in [0.05, 0.1) is 5.69 Å². The molecule has 200 valence electrons. The third kappa shape index (κ3) is 5.29. The average molecular weight is 533 g/mol. The van der Waals surface area contributed by atoms with Gasteiger partial charge in [0.1, 0.15) is 0 Å². The van der Waals surface area contributed by atoms with Gasteiger partial charge in [-0.25, -0.2) is 15.0 Å². The van der Waals surface area contributed by atoms with Gasteiger partial charge < -0.3 is 0 Å². The molecule has 0 saturated carbocycles. The summed E-state index contributed by atoms with van der Waals surface area (Å²) >= 11 is 0. The summed E-state index contributed by atoms with van der Waals surface area (Å²) in [7, 11) is 0. The first kappa shape index (κ1) is 26.3. The molecule has 0 radical (unpaired) electrons. The first-order valence-corrected chi connectivity index (χ1v) is 14.2. The maximum Gasteiger partial charge on any atom is 0.164 e. The van der Waals surface area contributed by atoms with E-state index in [2.05, 4.69) is 67.4 Å². The van der Waals surface area contributed by atoms with Gasteiger partial charge in [-0.2, -0.15) is 0 Å². The van der Waals surface area contributed by atoms with Crippen LogP contribution < -0.4 is 0 Å². The van der Waals surface area contributed by atoms with Crippen LogP contribution in [-0.2, 0) is 5.41 Å². The first-order chi connectivity index (χ1) is 20.2. The van der Waals surface area contributed by atoms with Crippen molar-refractivity contribution in [3.63, 3.8) is 0 Å². The highest BCUT2D eigenvalue weighted by atomic mass is 15.0. The Bertz CT molecular complexity index is 1650. The molecule has 0 unspecified atom stereocenters. The zero-order valence-corrected chi connectivity index (χ0v) is 23.4. The Morgan fingerprint density at radius 2 is 0.854 bits per heavy atom. The fourth-order valence-corrected chi connectivity index (χ4v) is 5.60. The van der Waals surface area contributed by atoms with Crippen molar-refractivity contribution in [3.8, 4) is 45.4 Å². The van der Waals surface area contributed by atoms with Crippen molar-refractivity contribution < 1.29 is 0 Å². The largest absolute Gasteiger partial charge is 0.256 e. The molecule has 0 N–H and O–H groups in total. The van der Waals surface area contributed by atoms with Gasteiger partial charge in [0.15, 0.2) is 17.5 Å². The normalized spacial score (nSPS) is 11.4. The summed E-state index contributed by atoms with van der Waals surface area (Å²) in [6.45, 7) is 4.54. The number of aromatic nitrogens is 4. The van der Waals surface area contributed by atoms with Gasteiger partial charge >= 0.3 is 0 Å². The molecule has 0 aliphatic rings. The summed E-state index contributed by atoms with van der Waals surface area (Å²) in [5, 5.41) is 0. The van der Waals surface area contributed by atoms with Crippen molar-refractivity contribution in [1.29, 1.82) is 0 Å². The lowest BCUT2D eigenvalue weighted by Crippen LogP contribution is -2.26. The number of nitrogens with zero attached hydrogens (tertiary/aromatic N) is 4. The molecule has 4 aromatic carbocycles. The minimum atomic E-state index is -0.0926. The highest BCUT2D eigenvalue weighted by Gasteiger charge is 2.30. The van der Waals surface area contributed by atoms with E-state index < -0.39 is 0 Å². The number of rotatable bonds is 8. The van der Waals surface area contributed by atoms with Crippen LogP contribution in [0.1, 0.15) is 37.8 Å². The summed E-state index contributed by atoms with van der Waals surface area (Å²) in [4.78, 5) is 19.1. The van der Waals surface area contributed by atoms with Gasteiger partial charge in [0, 0.05) is 33.9 Å². The Balaban J connectivity index is 1.38. The lowest BCUT2D eigenvalue weighted by atomic mass is 9.70. The smallest absolute Gasteiger partial charge is 0.164 e. The molecule has 6 rings (SSSR count). The van der Waals surface area contributed by atoms with E-state index in [0.717, 1.165) is 40.8 Å². The van der Waals surface area contributed by atoms with Crippen molar-refractivity contribution >= 4 is 0 Å². The molecule has 4 nitrogen and oxygen atoms in total. The number of hydrogen-bond acceptors (Lipinski definition) is 4. The van der Waals surface area contributed by atoms with E-state index in [4.69, 9.17) is 15.0 Å². The molecule has 41 heavy (non-hydrogen) atoms. The van der Waals surface area contributed by atoms with Crippen LogP contribution in [0.15, 0.2) is 134 Å². The van der Waals surface area contributed by atoms with E-state index in [-0.39, 0.29) is 5.41 Å². The van der Waals surface area contributed by atoms with Crippen LogP contribution in [0.2, 0.25) is 0 Å². The lowest BCUT2D eigenvalue weighted by molar-refractivity contribution is 0.478. The highest BCUT2D eigenvalue weighted by Crippen LogP contribution is 2.40. The Morgan fingerprint density at radius 3 is 1.27 bits per heavy atom. The van der Waals surface area contributed by atoms with Gasteiger partial charge in [-0.1, -0.05) is 129 Å². The molecule has 0 aliphatic heterocycles. The second-order valence-corrected chi connectivity index (χ2v) is 10.2. The third-order valence-corrected chi connectivity index (χ3v) is 8.00. The van der Waals surface area contributed by atoms with Crippen LogP contribution in [0.5, 0.6) is 0 Å². The van der Waals surface area contributed by atoms with E-state index in [1.807, 2.05) is 85.1 Å². The SMILES string of the molecule is CCC(CC)(c1ccc(-c2ccccn2)cc1)c1ccc(-c2nc(-c3ccccc3)nc(-c3ccccc3)n2)cc1. The Hall–Kier alpha value is -4.96. The van der Waals surface area contributed by atoms with E-state index in [9.17, 15) is 0 Å². The Labute approximate surface area is 241 Å². The summed E-state index contributed by atoms with van der Waals surface area (Å²) in [5.74, 6) is 2.01. The fourth-order valence-electron chi connectivity index (χ4n) is 5.60. The molecule has 4 heteroatoms. The Morgan fingerprint density at radius 1 is 0.439 bits per heavy atom. The predicted molar refractivity (Wildman–Crippen MR) is 167 cm³/mol. The van der Waals surface area contributed by atoms with Crippen molar-refractivity contribution in [1.82, 2.24) is 19.9 Å². The average Bonchev–Trinajstić information content (AvgIpc) is 3.07. The van der Waals surface area contributed by atoms with Crippen LogP contribution >= 0.6 is 0 Å². The summed E-state index contributed by atoms with van der Waals surface area (Å²) in [6.07, 6.45) is 3.83. The maximum atomic E-state index is 4.90. The van der Waals surface area contributed by atoms with Crippen molar-refractivity contribution in [2.75, 3.05) is 0 Å². The van der Waals surface area contributed by atoms with Gasteiger partial charge in [0.2, 0.25) is 0 Å². The van der Waals surface area contributed by atoms with Gasteiger partial charge in [0.25, 0.3) is 0 Å². The van der Waals surface area contributed by atoms with Crippen LogP contribution in [0.4, 0.5) is 0 Å². The van der Waals surface area contributed by atoms with Crippen LogP contribution in [0.3, 0.4) is 0 Å². The van der Waals surface area contributed by atoms with E-state index in [1.165, 1.54) is 11.1 Å². The second kappa shape index (κ2) is 11.6. The topological polar surface area (TPSA) is 51.6 Å². The maximum absolute atomic E-state index is 4.90. The van der Waals surface area contributed by atoms with Crippen LogP contribution in [0.25, 0.3) is 45.4 Å². The standard InChI is InChI=1S/C37H32N4/c1-3-37(4-2,31-22-18-27(19-23-31)33-17-11-12-26-38-33)32-24-20-30(21-25-32)36-40-34(28-13-7-5-8-14-28)39-35(41-36)29-15-9-6-10-16-29/h5-26H,3-4H2,1-2H3. The molecular formula is C37H32N4. The molecular weight excluding hydrogens is 500 g/mol. The highest BCUT2D eigenvalue weighted by molar-refractivity contribution is 5.67. The Kier molecular flexibility index (Phi) is 7.46. The van der Waals surface area contributed by atoms with Crippen LogP contribution in [0, 0.1) is 0 Å².